The summed E-state index contributed by atoms with van der Waals surface area (Å²) in [6.07, 6.45) is 7.46. The largest absolute Gasteiger partial charge is 0.472 e. The molecule has 3 atom stereocenters. The number of amides is 2. The van der Waals surface area contributed by atoms with Crippen LogP contribution >= 0.6 is 0 Å². The van der Waals surface area contributed by atoms with Gasteiger partial charge in [0.25, 0.3) is 5.91 Å². The summed E-state index contributed by atoms with van der Waals surface area (Å²) < 4.78 is 4.88. The first-order valence-electron chi connectivity index (χ1n) is 8.02. The Hall–Kier alpha value is -1.82. The first kappa shape index (κ1) is 15.1. The lowest BCUT2D eigenvalue weighted by Crippen LogP contribution is -2.52. The third kappa shape index (κ3) is 3.16. The molecule has 0 aliphatic carbocycles. The van der Waals surface area contributed by atoms with E-state index in [4.69, 9.17) is 4.42 Å². The third-order valence-electron chi connectivity index (χ3n) is 4.71. The predicted molar refractivity (Wildman–Crippen MR) is 81.4 cm³/mol. The second kappa shape index (κ2) is 6.52. The van der Waals surface area contributed by atoms with E-state index in [9.17, 15) is 9.59 Å². The number of nitrogens with one attached hydrogen (secondary N) is 2. The molecule has 2 N–H and O–H groups in total. The Morgan fingerprint density at radius 3 is 2.95 bits per heavy atom. The number of carbonyl (C=O) groups excluding carboxylic acids is 2. The normalized spacial score (nSPS) is 26.2. The van der Waals surface area contributed by atoms with Gasteiger partial charge in [-0.2, -0.15) is 0 Å². The van der Waals surface area contributed by atoms with E-state index in [0.29, 0.717) is 11.6 Å². The highest BCUT2D eigenvalue weighted by Crippen LogP contribution is 2.27. The predicted octanol–water partition coefficient (Wildman–Crippen LogP) is 1.14. The van der Waals surface area contributed by atoms with E-state index < -0.39 is 6.04 Å². The minimum atomic E-state index is -0.556. The maximum atomic E-state index is 12.3. The second-order valence-corrected chi connectivity index (χ2v) is 6.21. The minimum Gasteiger partial charge on any atom is -0.472 e. The summed E-state index contributed by atoms with van der Waals surface area (Å²) in [6, 6.07) is 1.70. The Morgan fingerprint density at radius 2 is 2.18 bits per heavy atom. The van der Waals surface area contributed by atoms with Crippen molar-refractivity contribution in [2.75, 3.05) is 13.1 Å². The van der Waals surface area contributed by atoms with E-state index in [2.05, 4.69) is 15.5 Å². The molecule has 22 heavy (non-hydrogen) atoms. The van der Waals surface area contributed by atoms with Crippen molar-refractivity contribution in [2.24, 2.45) is 0 Å². The van der Waals surface area contributed by atoms with Crippen LogP contribution in [0.3, 0.4) is 0 Å². The molecule has 0 bridgehead atoms. The van der Waals surface area contributed by atoms with Gasteiger partial charge in [0.05, 0.1) is 11.8 Å². The number of nitrogens with zero attached hydrogens (tertiary/aromatic N) is 1. The fourth-order valence-corrected chi connectivity index (χ4v) is 3.46. The van der Waals surface area contributed by atoms with Gasteiger partial charge in [-0.25, -0.2) is 0 Å². The van der Waals surface area contributed by atoms with Gasteiger partial charge >= 0.3 is 0 Å². The molecular weight excluding hydrogens is 282 g/mol. The third-order valence-corrected chi connectivity index (χ3v) is 4.71. The molecule has 3 heterocycles. The molecule has 6 nitrogen and oxygen atoms in total. The summed E-state index contributed by atoms with van der Waals surface area (Å²) in [4.78, 5) is 26.7. The van der Waals surface area contributed by atoms with Gasteiger partial charge < -0.3 is 15.1 Å². The molecule has 2 fully saturated rings. The lowest BCUT2D eigenvalue weighted by molar-refractivity contribution is -0.123. The maximum absolute atomic E-state index is 12.3. The Balaban J connectivity index is 1.52. The molecule has 0 spiro atoms. The van der Waals surface area contributed by atoms with Crippen LogP contribution in [0.25, 0.3) is 0 Å². The standard InChI is InChI=1S/C16H23N3O3/c1-11(17-16(21)12-6-9-22-10-12)15(20)18-13-5-8-19-7-3-2-4-14(13)19/h6,9-11,13-14H,2-5,7-8H2,1H3,(H,17,21)(H,18,20)/t11-,13-,14+/m0/s1. The van der Waals surface area contributed by atoms with E-state index >= 15 is 0 Å². The fraction of sp³-hybridized carbons (Fsp3) is 0.625. The topological polar surface area (TPSA) is 74.6 Å². The molecule has 2 amide bonds. The molecule has 2 saturated heterocycles. The van der Waals surface area contributed by atoms with Crippen LogP contribution < -0.4 is 10.6 Å². The van der Waals surface area contributed by atoms with Crippen molar-refractivity contribution in [2.45, 2.75) is 50.7 Å². The van der Waals surface area contributed by atoms with E-state index in [-0.39, 0.29) is 17.9 Å². The number of fused-ring (bicyclic) bond motifs is 1. The highest BCUT2D eigenvalue weighted by molar-refractivity contribution is 5.97. The zero-order valence-electron chi connectivity index (χ0n) is 12.9. The lowest BCUT2D eigenvalue weighted by Gasteiger charge is -2.33. The van der Waals surface area contributed by atoms with Crippen LogP contribution in [0, 0.1) is 0 Å². The van der Waals surface area contributed by atoms with Gasteiger partial charge in [-0.1, -0.05) is 6.42 Å². The summed E-state index contributed by atoms with van der Waals surface area (Å²) in [5, 5.41) is 5.81. The molecule has 3 rings (SSSR count). The molecule has 0 saturated carbocycles. The van der Waals surface area contributed by atoms with Crippen LogP contribution in [0.2, 0.25) is 0 Å². The molecule has 1 aromatic rings. The number of hydrogen-bond donors (Lipinski definition) is 2. The second-order valence-electron chi connectivity index (χ2n) is 6.21. The smallest absolute Gasteiger partial charge is 0.255 e. The van der Waals surface area contributed by atoms with Crippen molar-refractivity contribution in [3.8, 4) is 0 Å². The molecule has 1 aromatic heterocycles. The van der Waals surface area contributed by atoms with E-state index in [0.717, 1.165) is 25.9 Å². The van der Waals surface area contributed by atoms with E-state index in [1.165, 1.54) is 25.4 Å². The maximum Gasteiger partial charge on any atom is 0.255 e. The first-order valence-corrected chi connectivity index (χ1v) is 8.02. The first-order chi connectivity index (χ1) is 10.6. The van der Waals surface area contributed by atoms with Gasteiger partial charge in [0.2, 0.25) is 5.91 Å². The molecule has 6 heteroatoms. The van der Waals surface area contributed by atoms with Crippen molar-refractivity contribution in [1.29, 1.82) is 0 Å². The molecule has 0 aromatic carbocycles. The van der Waals surface area contributed by atoms with Crippen LogP contribution in [0.15, 0.2) is 23.0 Å². The van der Waals surface area contributed by atoms with E-state index in [1.54, 1.807) is 13.0 Å². The molecule has 2 aliphatic rings. The minimum absolute atomic E-state index is 0.116. The Bertz CT molecular complexity index is 529. The highest BCUT2D eigenvalue weighted by atomic mass is 16.3. The monoisotopic (exact) mass is 305 g/mol. The molecule has 120 valence electrons. The van der Waals surface area contributed by atoms with Crippen molar-refractivity contribution < 1.29 is 14.0 Å². The number of piperidine rings is 1. The van der Waals surface area contributed by atoms with Crippen LogP contribution in [0.1, 0.15) is 43.0 Å². The zero-order chi connectivity index (χ0) is 15.5. The average Bonchev–Trinajstić information content (AvgIpc) is 3.17. The van der Waals surface area contributed by atoms with Gasteiger partial charge in [0.1, 0.15) is 12.3 Å². The summed E-state index contributed by atoms with van der Waals surface area (Å²) in [5.74, 6) is -0.406. The van der Waals surface area contributed by atoms with Gasteiger partial charge in [0.15, 0.2) is 0 Å². The van der Waals surface area contributed by atoms with Crippen LogP contribution in [0.5, 0.6) is 0 Å². The van der Waals surface area contributed by atoms with Gasteiger partial charge in [-0.15, -0.1) is 0 Å². The van der Waals surface area contributed by atoms with Crippen molar-refractivity contribution in [1.82, 2.24) is 15.5 Å². The Labute approximate surface area is 130 Å². The highest BCUT2D eigenvalue weighted by Gasteiger charge is 2.36. The van der Waals surface area contributed by atoms with Crippen LogP contribution in [-0.4, -0.2) is 47.9 Å². The molecule has 0 radical (unpaired) electrons. The van der Waals surface area contributed by atoms with Gasteiger partial charge in [-0.3, -0.25) is 14.5 Å². The molecule has 0 unspecified atom stereocenters. The Morgan fingerprint density at radius 1 is 1.32 bits per heavy atom. The number of carbonyl (C=O) groups is 2. The number of rotatable bonds is 4. The summed E-state index contributed by atoms with van der Waals surface area (Å²) in [5.41, 5.74) is 0.430. The fourth-order valence-electron chi connectivity index (χ4n) is 3.46. The van der Waals surface area contributed by atoms with Crippen LogP contribution in [-0.2, 0) is 4.79 Å². The summed E-state index contributed by atoms with van der Waals surface area (Å²) in [7, 11) is 0. The van der Waals surface area contributed by atoms with Crippen molar-refractivity contribution >= 4 is 11.8 Å². The van der Waals surface area contributed by atoms with Crippen LogP contribution in [0.4, 0.5) is 0 Å². The van der Waals surface area contributed by atoms with Crippen molar-refractivity contribution in [3.63, 3.8) is 0 Å². The number of furan rings is 1. The quantitative estimate of drug-likeness (QED) is 0.875. The summed E-state index contributed by atoms with van der Waals surface area (Å²) in [6.45, 7) is 3.91. The Kier molecular flexibility index (Phi) is 4.47. The zero-order valence-corrected chi connectivity index (χ0v) is 12.9. The van der Waals surface area contributed by atoms with Gasteiger partial charge in [0, 0.05) is 18.6 Å². The summed E-state index contributed by atoms with van der Waals surface area (Å²) >= 11 is 0. The number of hydrogen-bond acceptors (Lipinski definition) is 4. The average molecular weight is 305 g/mol. The lowest BCUT2D eigenvalue weighted by atomic mass is 9.99. The molecule has 2 aliphatic heterocycles. The molecular formula is C16H23N3O3. The SMILES string of the molecule is C[C@H](NC(=O)c1ccoc1)C(=O)N[C@H]1CCN2CCCC[C@H]12. The van der Waals surface area contributed by atoms with Crippen molar-refractivity contribution in [3.05, 3.63) is 24.2 Å². The van der Waals surface area contributed by atoms with E-state index in [1.807, 2.05) is 0 Å². The van der Waals surface area contributed by atoms with Gasteiger partial charge in [-0.05, 0) is 38.8 Å².